The summed E-state index contributed by atoms with van der Waals surface area (Å²) in [5.74, 6) is 0.429. The molecule has 2 aromatic carbocycles. The molecule has 6 nitrogen and oxygen atoms in total. The average molecular weight is 474 g/mol. The Morgan fingerprint density at radius 2 is 1.93 bits per heavy atom. The zero-order valence-corrected chi connectivity index (χ0v) is 17.3. The number of fused-ring (bicyclic) bond motifs is 1. The fourth-order valence-corrected chi connectivity index (χ4v) is 3.36. The molecule has 0 spiro atoms. The standard InChI is InChI=1S/C20H22N6.HI/c21-20(25-19-9-8-15-6-3-7-16(15)10-19)23-11-17-4-1-2-5-18(17)12-26-14-22-13-24-26;/h1-2,4-5,8-10,13-14H,3,6-7,11-12H2,(H3,21,23,25);1H. The molecular weight excluding hydrogens is 451 g/mol. The maximum atomic E-state index is 6.10. The summed E-state index contributed by atoms with van der Waals surface area (Å²) in [5.41, 5.74) is 12.3. The van der Waals surface area contributed by atoms with Crippen molar-refractivity contribution in [3.05, 3.63) is 77.4 Å². The van der Waals surface area contributed by atoms with Crippen molar-refractivity contribution in [1.82, 2.24) is 14.8 Å². The minimum atomic E-state index is 0. The van der Waals surface area contributed by atoms with Crippen LogP contribution in [0.2, 0.25) is 0 Å². The number of hydrogen-bond acceptors (Lipinski definition) is 3. The van der Waals surface area contributed by atoms with Gasteiger partial charge in [-0.2, -0.15) is 5.10 Å². The smallest absolute Gasteiger partial charge is 0.193 e. The summed E-state index contributed by atoms with van der Waals surface area (Å²) in [7, 11) is 0. The highest BCUT2D eigenvalue weighted by Crippen LogP contribution is 2.24. The van der Waals surface area contributed by atoms with Crippen LogP contribution in [-0.2, 0) is 25.9 Å². The first-order chi connectivity index (χ1) is 12.8. The van der Waals surface area contributed by atoms with Crippen molar-refractivity contribution in [2.24, 2.45) is 10.7 Å². The zero-order chi connectivity index (χ0) is 17.8. The number of anilines is 1. The van der Waals surface area contributed by atoms with Gasteiger partial charge in [-0.15, -0.1) is 24.0 Å². The van der Waals surface area contributed by atoms with Crippen LogP contribution in [0.4, 0.5) is 5.69 Å². The topological polar surface area (TPSA) is 81.1 Å². The largest absolute Gasteiger partial charge is 0.370 e. The quantitative estimate of drug-likeness (QED) is 0.338. The van der Waals surface area contributed by atoms with Crippen molar-refractivity contribution in [2.45, 2.75) is 32.4 Å². The van der Waals surface area contributed by atoms with E-state index in [-0.39, 0.29) is 24.0 Å². The van der Waals surface area contributed by atoms with Crippen molar-refractivity contribution in [2.75, 3.05) is 5.32 Å². The number of benzene rings is 2. The van der Waals surface area contributed by atoms with Crippen LogP contribution in [0.3, 0.4) is 0 Å². The molecule has 0 aliphatic heterocycles. The summed E-state index contributed by atoms with van der Waals surface area (Å²) in [5, 5.41) is 7.37. The van der Waals surface area contributed by atoms with E-state index in [1.165, 1.54) is 24.0 Å². The number of guanidine groups is 1. The first-order valence-electron chi connectivity index (χ1n) is 8.86. The second-order valence-electron chi connectivity index (χ2n) is 6.53. The Labute approximate surface area is 175 Å². The van der Waals surface area contributed by atoms with Gasteiger partial charge in [-0.25, -0.2) is 14.7 Å². The van der Waals surface area contributed by atoms with Crippen LogP contribution in [0.1, 0.15) is 28.7 Å². The van der Waals surface area contributed by atoms with E-state index >= 15 is 0 Å². The molecule has 7 heteroatoms. The molecule has 140 valence electrons. The number of rotatable bonds is 5. The summed E-state index contributed by atoms with van der Waals surface area (Å²) < 4.78 is 1.80. The first-order valence-corrected chi connectivity index (χ1v) is 8.86. The van der Waals surface area contributed by atoms with E-state index in [9.17, 15) is 0 Å². The molecular formula is C20H23IN6. The number of aryl methyl sites for hydroxylation is 2. The second-order valence-corrected chi connectivity index (χ2v) is 6.53. The van der Waals surface area contributed by atoms with Crippen molar-refractivity contribution in [3.8, 4) is 0 Å². The third-order valence-corrected chi connectivity index (χ3v) is 4.71. The van der Waals surface area contributed by atoms with E-state index in [1.807, 2.05) is 12.1 Å². The van der Waals surface area contributed by atoms with Crippen molar-refractivity contribution in [3.63, 3.8) is 0 Å². The minimum absolute atomic E-state index is 0. The molecule has 0 fully saturated rings. The third kappa shape index (κ3) is 4.85. The van der Waals surface area contributed by atoms with E-state index in [2.05, 4.69) is 50.7 Å². The SMILES string of the molecule is I.NC(=NCc1ccccc1Cn1cncn1)Nc1ccc2c(c1)CCC2. The molecule has 1 aliphatic rings. The molecule has 27 heavy (non-hydrogen) atoms. The normalized spacial score (nSPS) is 13.1. The van der Waals surface area contributed by atoms with Gasteiger partial charge in [-0.1, -0.05) is 30.3 Å². The molecule has 3 aromatic rings. The Bertz CT molecular complexity index is 920. The van der Waals surface area contributed by atoms with Crippen molar-refractivity contribution < 1.29 is 0 Å². The van der Waals surface area contributed by atoms with Gasteiger partial charge in [0.15, 0.2) is 5.96 Å². The highest BCUT2D eigenvalue weighted by Gasteiger charge is 2.11. The molecule has 0 saturated carbocycles. The lowest BCUT2D eigenvalue weighted by molar-refractivity contribution is 0.679. The van der Waals surface area contributed by atoms with Crippen LogP contribution >= 0.6 is 24.0 Å². The van der Waals surface area contributed by atoms with Gasteiger partial charge in [-0.3, -0.25) is 0 Å². The lowest BCUT2D eigenvalue weighted by Crippen LogP contribution is -2.22. The van der Waals surface area contributed by atoms with E-state index in [1.54, 1.807) is 17.3 Å². The van der Waals surface area contributed by atoms with Crippen molar-refractivity contribution in [1.29, 1.82) is 0 Å². The van der Waals surface area contributed by atoms with Crippen LogP contribution < -0.4 is 11.1 Å². The summed E-state index contributed by atoms with van der Waals surface area (Å²) in [6, 6.07) is 14.6. The highest BCUT2D eigenvalue weighted by atomic mass is 127. The van der Waals surface area contributed by atoms with Gasteiger partial charge in [0.1, 0.15) is 12.7 Å². The Kier molecular flexibility index (Phi) is 6.44. The zero-order valence-electron chi connectivity index (χ0n) is 15.0. The maximum absolute atomic E-state index is 6.10. The van der Waals surface area contributed by atoms with Crippen LogP contribution in [0, 0.1) is 0 Å². The predicted octanol–water partition coefficient (Wildman–Crippen LogP) is 3.36. The van der Waals surface area contributed by atoms with Crippen LogP contribution in [0.25, 0.3) is 0 Å². The molecule has 0 radical (unpaired) electrons. The van der Waals surface area contributed by atoms with Crippen LogP contribution in [0.15, 0.2) is 60.1 Å². The molecule has 0 atom stereocenters. The number of aromatic nitrogens is 3. The Balaban J connectivity index is 0.00000210. The molecule has 1 aromatic heterocycles. The number of hydrogen-bond donors (Lipinski definition) is 2. The van der Waals surface area contributed by atoms with Gasteiger partial charge >= 0.3 is 0 Å². The van der Waals surface area contributed by atoms with E-state index in [4.69, 9.17) is 5.73 Å². The van der Waals surface area contributed by atoms with Gasteiger partial charge in [0.05, 0.1) is 13.1 Å². The van der Waals surface area contributed by atoms with Gasteiger partial charge in [0, 0.05) is 5.69 Å². The summed E-state index contributed by atoms with van der Waals surface area (Å²) in [4.78, 5) is 8.50. The molecule has 1 heterocycles. The molecule has 1 aliphatic carbocycles. The van der Waals surface area contributed by atoms with Crippen LogP contribution in [-0.4, -0.2) is 20.7 Å². The molecule has 0 bridgehead atoms. The number of nitrogens with one attached hydrogen (secondary N) is 1. The molecule has 4 rings (SSSR count). The summed E-state index contributed by atoms with van der Waals surface area (Å²) >= 11 is 0. The number of nitrogens with two attached hydrogens (primary N) is 1. The number of nitrogens with zero attached hydrogens (tertiary/aromatic N) is 4. The monoisotopic (exact) mass is 474 g/mol. The Hall–Kier alpha value is -2.42. The fraction of sp³-hybridized carbons (Fsp3) is 0.250. The van der Waals surface area contributed by atoms with Gasteiger partial charge in [-0.05, 0) is 53.6 Å². The molecule has 3 N–H and O–H groups in total. The molecule has 0 unspecified atom stereocenters. The van der Waals surface area contributed by atoms with E-state index in [0.717, 1.165) is 23.2 Å². The van der Waals surface area contributed by atoms with Gasteiger partial charge in [0.2, 0.25) is 0 Å². The fourth-order valence-electron chi connectivity index (χ4n) is 3.36. The van der Waals surface area contributed by atoms with E-state index in [0.29, 0.717) is 19.0 Å². The Morgan fingerprint density at radius 3 is 2.74 bits per heavy atom. The summed E-state index contributed by atoms with van der Waals surface area (Å²) in [6.45, 7) is 1.19. The van der Waals surface area contributed by atoms with Gasteiger partial charge < -0.3 is 11.1 Å². The summed E-state index contributed by atoms with van der Waals surface area (Å²) in [6.07, 6.45) is 6.83. The lowest BCUT2D eigenvalue weighted by atomic mass is 10.1. The number of halogens is 1. The Morgan fingerprint density at radius 1 is 1.11 bits per heavy atom. The predicted molar refractivity (Wildman–Crippen MR) is 118 cm³/mol. The minimum Gasteiger partial charge on any atom is -0.370 e. The van der Waals surface area contributed by atoms with Crippen LogP contribution in [0.5, 0.6) is 0 Å². The number of aliphatic imine (C=N–C) groups is 1. The second kappa shape index (κ2) is 8.98. The van der Waals surface area contributed by atoms with Gasteiger partial charge in [0.25, 0.3) is 0 Å². The first kappa shape index (κ1) is 19.3. The average Bonchev–Trinajstić information content (AvgIpc) is 3.32. The van der Waals surface area contributed by atoms with E-state index < -0.39 is 0 Å². The third-order valence-electron chi connectivity index (χ3n) is 4.71. The van der Waals surface area contributed by atoms with Crippen molar-refractivity contribution >= 4 is 35.6 Å². The highest BCUT2D eigenvalue weighted by molar-refractivity contribution is 14.0. The maximum Gasteiger partial charge on any atom is 0.193 e. The molecule has 0 saturated heterocycles. The molecule has 0 amide bonds. The lowest BCUT2D eigenvalue weighted by Gasteiger charge is -2.10.